The third-order valence-corrected chi connectivity index (χ3v) is 6.81. The van der Waals surface area contributed by atoms with Crippen LogP contribution in [0.1, 0.15) is 39.0 Å². The Morgan fingerprint density at radius 3 is 2.41 bits per heavy atom. The van der Waals surface area contributed by atoms with Crippen molar-refractivity contribution in [3.8, 4) is 12.3 Å². The van der Waals surface area contributed by atoms with Crippen LogP contribution in [0.5, 0.6) is 0 Å². The van der Waals surface area contributed by atoms with Gasteiger partial charge in [-0.25, -0.2) is 9.78 Å². The van der Waals surface area contributed by atoms with Crippen molar-refractivity contribution in [2.75, 3.05) is 13.2 Å². The van der Waals surface area contributed by atoms with E-state index in [1.54, 1.807) is 19.2 Å². The van der Waals surface area contributed by atoms with Crippen molar-refractivity contribution >= 4 is 34.9 Å². The molecule has 39 heavy (non-hydrogen) atoms. The van der Waals surface area contributed by atoms with Crippen LogP contribution in [-0.4, -0.2) is 59.5 Å². The van der Waals surface area contributed by atoms with Gasteiger partial charge in [-0.3, -0.25) is 19.7 Å². The van der Waals surface area contributed by atoms with Gasteiger partial charge < -0.3 is 23.7 Å². The lowest BCUT2D eigenvalue weighted by molar-refractivity contribution is -0.384. The summed E-state index contributed by atoms with van der Waals surface area (Å²) in [5.41, 5.74) is -0.925. The molecule has 1 aromatic carbocycles. The Morgan fingerprint density at radius 1 is 1.23 bits per heavy atom. The SMILES string of the molecule is C#C[C@@]1(C)[C@@H](COC(Cc2ccc([N+](=O)[O-])cc2)(C(=O)OCC)c2cscn2)OC(OC(C)=O)[C@@H]1OC(C)=O. The van der Waals surface area contributed by atoms with Gasteiger partial charge in [-0.2, -0.15) is 0 Å². The number of carbonyl (C=O) groups excluding carboxylic acids is 3. The van der Waals surface area contributed by atoms with Crippen LogP contribution >= 0.6 is 11.3 Å². The number of benzene rings is 1. The van der Waals surface area contributed by atoms with Gasteiger partial charge in [0.05, 0.1) is 34.8 Å². The molecule has 0 bridgehead atoms. The maximum absolute atomic E-state index is 13.5. The number of hydrogen-bond acceptors (Lipinski definition) is 12. The topological polar surface area (TPSA) is 153 Å². The van der Waals surface area contributed by atoms with Gasteiger partial charge in [0.2, 0.25) is 11.9 Å². The molecule has 2 aromatic rings. The maximum atomic E-state index is 13.5. The Kier molecular flexibility index (Phi) is 9.39. The summed E-state index contributed by atoms with van der Waals surface area (Å²) in [5.74, 6) is 0.484. The van der Waals surface area contributed by atoms with Gasteiger partial charge in [-0.05, 0) is 19.4 Å². The minimum Gasteiger partial charge on any atom is -0.464 e. The lowest BCUT2D eigenvalue weighted by atomic mass is 9.81. The molecule has 1 aliphatic rings. The fourth-order valence-corrected chi connectivity index (χ4v) is 4.81. The fraction of sp³-hybridized carbons (Fsp3) is 0.462. The number of carbonyl (C=O) groups is 3. The summed E-state index contributed by atoms with van der Waals surface area (Å²) in [5, 5.41) is 12.7. The first-order valence-corrected chi connectivity index (χ1v) is 12.8. The highest BCUT2D eigenvalue weighted by molar-refractivity contribution is 7.07. The van der Waals surface area contributed by atoms with Crippen LogP contribution in [0.2, 0.25) is 0 Å². The predicted molar refractivity (Wildman–Crippen MR) is 136 cm³/mol. The number of aromatic nitrogens is 1. The number of thiazole rings is 1. The number of nitro groups is 1. The van der Waals surface area contributed by atoms with Gasteiger partial charge in [0, 0.05) is 37.8 Å². The monoisotopic (exact) mass is 560 g/mol. The lowest BCUT2D eigenvalue weighted by Crippen LogP contribution is -2.47. The molecule has 0 radical (unpaired) electrons. The van der Waals surface area contributed by atoms with Crippen molar-refractivity contribution in [1.82, 2.24) is 4.98 Å². The molecule has 2 heterocycles. The van der Waals surface area contributed by atoms with Crippen LogP contribution in [0.3, 0.4) is 0 Å². The van der Waals surface area contributed by atoms with Crippen LogP contribution in [0.4, 0.5) is 5.69 Å². The van der Waals surface area contributed by atoms with Gasteiger partial charge >= 0.3 is 17.9 Å². The van der Waals surface area contributed by atoms with Crippen molar-refractivity contribution in [3.05, 3.63) is 56.5 Å². The molecule has 1 fully saturated rings. The van der Waals surface area contributed by atoms with Crippen LogP contribution in [0.25, 0.3) is 0 Å². The van der Waals surface area contributed by atoms with E-state index in [9.17, 15) is 24.5 Å². The van der Waals surface area contributed by atoms with Gasteiger partial charge in [-0.1, -0.05) is 18.1 Å². The van der Waals surface area contributed by atoms with E-state index >= 15 is 0 Å². The van der Waals surface area contributed by atoms with Crippen molar-refractivity contribution in [1.29, 1.82) is 0 Å². The number of rotatable bonds is 11. The summed E-state index contributed by atoms with van der Waals surface area (Å²) in [6, 6.07) is 5.64. The second-order valence-electron chi connectivity index (χ2n) is 8.89. The average molecular weight is 561 g/mol. The van der Waals surface area contributed by atoms with Gasteiger partial charge in [0.25, 0.3) is 5.69 Å². The van der Waals surface area contributed by atoms with Crippen LogP contribution in [0.15, 0.2) is 35.2 Å². The molecule has 0 spiro atoms. The molecule has 1 saturated heterocycles. The van der Waals surface area contributed by atoms with E-state index in [1.807, 2.05) is 0 Å². The molecule has 3 rings (SSSR count). The molecule has 2 unspecified atom stereocenters. The normalized spacial score (nSPS) is 23.7. The molecule has 5 atom stereocenters. The van der Waals surface area contributed by atoms with Crippen LogP contribution < -0.4 is 0 Å². The summed E-state index contributed by atoms with van der Waals surface area (Å²) >= 11 is 1.23. The standard InChI is InChI=1S/C26H28N2O10S/c1-6-25(5)21(38-23(37-17(4)30)22(25)36-16(3)29)13-35-26(24(31)34-7-2,20-14-39-15-27-20)12-18-8-10-19(11-9-18)28(32)33/h1,8-11,14-15,21-23H,7,12-13H2,2-5H3/t21-,22+,23?,25+,26?/m1/s1. The summed E-state index contributed by atoms with van der Waals surface area (Å²) in [7, 11) is 0. The fourth-order valence-electron chi connectivity index (χ4n) is 4.19. The first-order chi connectivity index (χ1) is 18.5. The summed E-state index contributed by atoms with van der Waals surface area (Å²) in [4.78, 5) is 51.9. The average Bonchev–Trinajstić information content (AvgIpc) is 3.50. The summed E-state index contributed by atoms with van der Waals surface area (Å²) < 4.78 is 28.2. The second kappa shape index (κ2) is 12.3. The Labute approximate surface area is 228 Å². The largest absolute Gasteiger partial charge is 0.464 e. The molecular formula is C26H28N2O10S. The minimum atomic E-state index is -1.79. The quantitative estimate of drug-likeness (QED) is 0.131. The third-order valence-electron chi connectivity index (χ3n) is 6.22. The Bertz CT molecular complexity index is 1240. The smallest absolute Gasteiger partial charge is 0.345 e. The van der Waals surface area contributed by atoms with E-state index in [0.29, 0.717) is 5.56 Å². The number of hydrogen-bond donors (Lipinski definition) is 0. The third kappa shape index (κ3) is 6.42. The number of esters is 3. The van der Waals surface area contributed by atoms with Crippen molar-refractivity contribution in [2.24, 2.45) is 5.41 Å². The van der Waals surface area contributed by atoms with E-state index in [4.69, 9.17) is 30.1 Å². The Balaban J connectivity index is 2.01. The second-order valence-corrected chi connectivity index (χ2v) is 9.61. The molecule has 13 heteroatoms. The number of ether oxygens (including phenoxy) is 5. The number of nitrogens with zero attached hydrogens (tertiary/aromatic N) is 2. The van der Waals surface area contributed by atoms with Crippen LogP contribution in [-0.2, 0) is 50.1 Å². The molecule has 0 amide bonds. The van der Waals surface area contributed by atoms with E-state index in [-0.39, 0.29) is 31.0 Å². The van der Waals surface area contributed by atoms with Crippen molar-refractivity contribution in [3.63, 3.8) is 0 Å². The maximum Gasteiger partial charge on any atom is 0.345 e. The zero-order valence-corrected chi connectivity index (χ0v) is 22.6. The highest BCUT2D eigenvalue weighted by Crippen LogP contribution is 2.43. The van der Waals surface area contributed by atoms with Gasteiger partial charge in [-0.15, -0.1) is 17.8 Å². The highest BCUT2D eigenvalue weighted by atomic mass is 32.1. The molecule has 0 N–H and O–H groups in total. The molecule has 1 aliphatic heterocycles. The molecule has 0 saturated carbocycles. The van der Waals surface area contributed by atoms with Gasteiger partial charge in [0.15, 0.2) is 6.10 Å². The first-order valence-electron chi connectivity index (χ1n) is 11.9. The minimum absolute atomic E-state index is 0.0411. The molecule has 208 valence electrons. The van der Waals surface area contributed by atoms with Crippen molar-refractivity contribution < 1.29 is 43.0 Å². The first kappa shape index (κ1) is 29.7. The van der Waals surface area contributed by atoms with Crippen LogP contribution in [0, 0.1) is 27.9 Å². The van der Waals surface area contributed by atoms with Gasteiger partial charge in [0.1, 0.15) is 6.10 Å². The highest BCUT2D eigenvalue weighted by Gasteiger charge is 2.58. The summed E-state index contributed by atoms with van der Waals surface area (Å²) in [6.45, 7) is 5.30. The number of nitro benzene ring substituents is 1. The molecule has 12 nitrogen and oxygen atoms in total. The number of terminal acetylenes is 1. The van der Waals surface area contributed by atoms with E-state index in [2.05, 4.69) is 10.9 Å². The molecular weight excluding hydrogens is 532 g/mol. The zero-order valence-electron chi connectivity index (χ0n) is 21.8. The Hall–Kier alpha value is -3.86. The van der Waals surface area contributed by atoms with Crippen molar-refractivity contribution in [2.45, 2.75) is 58.2 Å². The predicted octanol–water partition coefficient (Wildman–Crippen LogP) is 2.93. The lowest BCUT2D eigenvalue weighted by Gasteiger charge is -2.34. The van der Waals surface area contributed by atoms with E-state index in [1.165, 1.54) is 55.0 Å². The zero-order chi connectivity index (χ0) is 28.8. The number of non-ortho nitro benzene ring substituents is 1. The summed E-state index contributed by atoms with van der Waals surface area (Å²) in [6.07, 6.45) is 2.29. The molecule has 0 aliphatic carbocycles. The van der Waals surface area contributed by atoms with E-state index < -0.39 is 52.3 Å². The molecule has 1 aromatic heterocycles. The van der Waals surface area contributed by atoms with E-state index in [0.717, 1.165) is 0 Å². The Morgan fingerprint density at radius 2 is 1.90 bits per heavy atom.